The second-order valence-electron chi connectivity index (χ2n) is 5.83. The molecule has 1 fully saturated rings. The quantitative estimate of drug-likeness (QED) is 0.829. The molecule has 1 atom stereocenters. The van der Waals surface area contributed by atoms with E-state index in [1.54, 1.807) is 18.2 Å². The van der Waals surface area contributed by atoms with Crippen molar-refractivity contribution >= 4 is 11.9 Å². The van der Waals surface area contributed by atoms with Crippen molar-refractivity contribution in [3.05, 3.63) is 23.8 Å². The molecule has 1 aliphatic rings. The number of aliphatic carboxylic acids is 1. The first-order valence-corrected chi connectivity index (χ1v) is 8.49. The smallest absolute Gasteiger partial charge is 0.341 e. The molecule has 0 spiro atoms. The Balaban J connectivity index is 2.21. The van der Waals surface area contributed by atoms with E-state index in [1.165, 1.54) is 0 Å². The Morgan fingerprint density at radius 3 is 2.67 bits per heavy atom. The number of nitrogens with zero attached hydrogens (tertiary/aromatic N) is 1. The summed E-state index contributed by atoms with van der Waals surface area (Å²) in [6, 6.07) is 5.20. The Bertz CT molecular complexity index is 587. The van der Waals surface area contributed by atoms with Crippen molar-refractivity contribution in [2.75, 3.05) is 19.8 Å². The topological polar surface area (TPSA) is 76.1 Å². The second kappa shape index (κ2) is 8.57. The maximum atomic E-state index is 12.8. The minimum atomic E-state index is -1.06. The van der Waals surface area contributed by atoms with Gasteiger partial charge in [0.1, 0.15) is 0 Å². The van der Waals surface area contributed by atoms with E-state index in [4.69, 9.17) is 14.6 Å². The van der Waals surface area contributed by atoms with Crippen molar-refractivity contribution in [3.63, 3.8) is 0 Å². The van der Waals surface area contributed by atoms with Gasteiger partial charge in [0, 0.05) is 18.2 Å². The van der Waals surface area contributed by atoms with Crippen LogP contribution in [0.2, 0.25) is 0 Å². The molecule has 6 nitrogen and oxygen atoms in total. The summed E-state index contributed by atoms with van der Waals surface area (Å²) >= 11 is 0. The lowest BCUT2D eigenvalue weighted by Gasteiger charge is -2.35. The zero-order valence-corrected chi connectivity index (χ0v) is 14.3. The minimum Gasteiger partial charge on any atom is -0.490 e. The molecule has 1 N–H and O–H groups in total. The van der Waals surface area contributed by atoms with Crippen molar-refractivity contribution in [2.45, 2.75) is 45.6 Å². The van der Waals surface area contributed by atoms with Crippen LogP contribution in [0.1, 0.15) is 49.9 Å². The third kappa shape index (κ3) is 4.40. The summed E-state index contributed by atoms with van der Waals surface area (Å²) < 4.78 is 10.7. The standard InChI is InChI=1S/C18H25NO5/c1-3-14-7-5-6-10-19(14)18(22)13-8-9-15(24-12-17(20)21)16(11-13)23-4-2/h8-9,11,14H,3-7,10,12H2,1-2H3,(H,20,21). The number of hydrogen-bond acceptors (Lipinski definition) is 4. The molecule has 2 rings (SSSR count). The molecule has 1 saturated heterocycles. The lowest BCUT2D eigenvalue weighted by molar-refractivity contribution is -0.139. The van der Waals surface area contributed by atoms with E-state index >= 15 is 0 Å². The minimum absolute atomic E-state index is 0.00714. The Morgan fingerprint density at radius 2 is 2.00 bits per heavy atom. The summed E-state index contributed by atoms with van der Waals surface area (Å²) in [5.41, 5.74) is 0.543. The van der Waals surface area contributed by atoms with E-state index in [0.717, 1.165) is 32.2 Å². The van der Waals surface area contributed by atoms with Crippen LogP contribution in [0.5, 0.6) is 11.5 Å². The van der Waals surface area contributed by atoms with Gasteiger partial charge < -0.3 is 19.5 Å². The average molecular weight is 335 g/mol. The molecule has 1 heterocycles. The fraction of sp³-hybridized carbons (Fsp3) is 0.556. The highest BCUT2D eigenvalue weighted by Crippen LogP contribution is 2.30. The van der Waals surface area contributed by atoms with Crippen LogP contribution in [0.15, 0.2) is 18.2 Å². The van der Waals surface area contributed by atoms with Crippen LogP contribution in [-0.4, -0.2) is 47.7 Å². The molecule has 0 bridgehead atoms. The third-order valence-corrected chi connectivity index (χ3v) is 4.20. The largest absolute Gasteiger partial charge is 0.490 e. The SMILES string of the molecule is CCOc1cc(C(=O)N2CCCCC2CC)ccc1OCC(=O)O. The van der Waals surface area contributed by atoms with Gasteiger partial charge in [0.15, 0.2) is 18.1 Å². The number of carboxylic acids is 1. The van der Waals surface area contributed by atoms with E-state index in [1.807, 2.05) is 11.8 Å². The van der Waals surface area contributed by atoms with Gasteiger partial charge in [-0.05, 0) is 50.8 Å². The number of ether oxygens (including phenoxy) is 2. The number of hydrogen-bond donors (Lipinski definition) is 1. The van der Waals surface area contributed by atoms with E-state index in [0.29, 0.717) is 23.7 Å². The van der Waals surface area contributed by atoms with Crippen molar-refractivity contribution in [3.8, 4) is 11.5 Å². The molecule has 1 aromatic rings. The number of likely N-dealkylation sites (tertiary alicyclic amines) is 1. The molecule has 0 aromatic heterocycles. The first kappa shape index (κ1) is 18.1. The molecule has 1 aromatic carbocycles. The van der Waals surface area contributed by atoms with Gasteiger partial charge in [0.25, 0.3) is 5.91 Å². The van der Waals surface area contributed by atoms with Crippen molar-refractivity contribution < 1.29 is 24.2 Å². The zero-order chi connectivity index (χ0) is 17.5. The van der Waals surface area contributed by atoms with Gasteiger partial charge in [0.05, 0.1) is 6.61 Å². The molecular weight excluding hydrogens is 310 g/mol. The van der Waals surface area contributed by atoms with Gasteiger partial charge in [-0.2, -0.15) is 0 Å². The number of amides is 1. The Hall–Kier alpha value is -2.24. The Morgan fingerprint density at radius 1 is 1.21 bits per heavy atom. The molecule has 0 saturated carbocycles. The summed E-state index contributed by atoms with van der Waals surface area (Å²) in [4.78, 5) is 25.4. The molecule has 1 aliphatic heterocycles. The number of piperidine rings is 1. The van der Waals surface area contributed by atoms with Crippen molar-refractivity contribution in [1.82, 2.24) is 4.90 Å². The number of carbonyl (C=O) groups excluding carboxylic acids is 1. The highest BCUT2D eigenvalue weighted by atomic mass is 16.5. The van der Waals surface area contributed by atoms with Gasteiger partial charge >= 0.3 is 5.97 Å². The number of carboxylic acid groups (broad SMARTS) is 1. The molecule has 1 unspecified atom stereocenters. The van der Waals surface area contributed by atoms with Crippen LogP contribution in [0.3, 0.4) is 0 Å². The van der Waals surface area contributed by atoms with Crippen molar-refractivity contribution in [1.29, 1.82) is 0 Å². The van der Waals surface area contributed by atoms with Crippen LogP contribution < -0.4 is 9.47 Å². The number of rotatable bonds is 7. The van der Waals surface area contributed by atoms with Gasteiger partial charge in [-0.15, -0.1) is 0 Å². The fourth-order valence-corrected chi connectivity index (χ4v) is 3.03. The summed E-state index contributed by atoms with van der Waals surface area (Å²) in [5.74, 6) is -0.333. The van der Waals surface area contributed by atoms with Gasteiger partial charge in [0.2, 0.25) is 0 Å². The molecule has 1 amide bonds. The molecule has 0 aliphatic carbocycles. The lowest BCUT2D eigenvalue weighted by Crippen LogP contribution is -2.43. The van der Waals surface area contributed by atoms with E-state index in [-0.39, 0.29) is 11.9 Å². The molecule has 6 heteroatoms. The van der Waals surface area contributed by atoms with Crippen LogP contribution >= 0.6 is 0 Å². The van der Waals surface area contributed by atoms with E-state index in [2.05, 4.69) is 6.92 Å². The van der Waals surface area contributed by atoms with E-state index in [9.17, 15) is 9.59 Å². The first-order valence-electron chi connectivity index (χ1n) is 8.49. The average Bonchev–Trinajstić information content (AvgIpc) is 2.60. The van der Waals surface area contributed by atoms with Crippen LogP contribution in [0.4, 0.5) is 0 Å². The highest BCUT2D eigenvalue weighted by molar-refractivity contribution is 5.95. The van der Waals surface area contributed by atoms with E-state index < -0.39 is 12.6 Å². The van der Waals surface area contributed by atoms with Crippen LogP contribution in [-0.2, 0) is 4.79 Å². The molecular formula is C18H25NO5. The number of carbonyl (C=O) groups is 2. The maximum absolute atomic E-state index is 12.8. The zero-order valence-electron chi connectivity index (χ0n) is 14.3. The summed E-state index contributed by atoms with van der Waals surface area (Å²) in [6.07, 6.45) is 4.18. The van der Waals surface area contributed by atoms with Crippen molar-refractivity contribution in [2.24, 2.45) is 0 Å². The van der Waals surface area contributed by atoms with Gasteiger partial charge in [-0.25, -0.2) is 4.79 Å². The predicted molar refractivity (Wildman–Crippen MR) is 89.7 cm³/mol. The third-order valence-electron chi connectivity index (χ3n) is 4.20. The fourth-order valence-electron chi connectivity index (χ4n) is 3.03. The lowest BCUT2D eigenvalue weighted by atomic mass is 9.99. The Labute approximate surface area is 142 Å². The highest BCUT2D eigenvalue weighted by Gasteiger charge is 2.26. The monoisotopic (exact) mass is 335 g/mol. The summed E-state index contributed by atoms with van der Waals surface area (Å²) in [7, 11) is 0. The predicted octanol–water partition coefficient (Wildman–Crippen LogP) is 2.95. The summed E-state index contributed by atoms with van der Waals surface area (Å²) in [6.45, 7) is 4.66. The van der Waals surface area contributed by atoms with Gasteiger partial charge in [-0.1, -0.05) is 6.92 Å². The molecule has 0 radical (unpaired) electrons. The summed E-state index contributed by atoms with van der Waals surface area (Å²) in [5, 5.41) is 8.74. The molecule has 132 valence electrons. The van der Waals surface area contributed by atoms with Crippen LogP contribution in [0.25, 0.3) is 0 Å². The van der Waals surface area contributed by atoms with Crippen LogP contribution in [0, 0.1) is 0 Å². The number of benzene rings is 1. The normalized spacial score (nSPS) is 17.4. The maximum Gasteiger partial charge on any atom is 0.341 e. The second-order valence-corrected chi connectivity index (χ2v) is 5.83. The Kier molecular flexibility index (Phi) is 6.46. The van der Waals surface area contributed by atoms with Gasteiger partial charge in [-0.3, -0.25) is 4.79 Å². The molecule has 24 heavy (non-hydrogen) atoms. The first-order chi connectivity index (χ1) is 11.6.